The van der Waals surface area contributed by atoms with Crippen molar-refractivity contribution < 1.29 is 4.79 Å². The Morgan fingerprint density at radius 2 is 2.31 bits per heavy atom. The monoisotopic (exact) mass is 326 g/mol. The molecule has 0 saturated heterocycles. The van der Waals surface area contributed by atoms with E-state index < -0.39 is 0 Å². The van der Waals surface area contributed by atoms with Gasteiger partial charge in [0.05, 0.1) is 12.6 Å². The van der Waals surface area contributed by atoms with Gasteiger partial charge in [-0.2, -0.15) is 0 Å². The van der Waals surface area contributed by atoms with Gasteiger partial charge < -0.3 is 10.6 Å². The fraction of sp³-hybridized carbons (Fsp3) is 0.500. The molecule has 1 amide bonds. The van der Waals surface area contributed by atoms with Crippen LogP contribution >= 0.6 is 39.7 Å². The zero-order valence-electron chi connectivity index (χ0n) is 9.27. The van der Waals surface area contributed by atoms with Gasteiger partial charge in [-0.3, -0.25) is 4.79 Å². The van der Waals surface area contributed by atoms with E-state index in [4.69, 9.17) is 5.73 Å². The Kier molecular flexibility index (Phi) is 7.22. The van der Waals surface area contributed by atoms with Gasteiger partial charge in [-0.1, -0.05) is 6.92 Å². The molecule has 16 heavy (non-hydrogen) atoms. The lowest BCUT2D eigenvalue weighted by atomic mass is 10.2. The van der Waals surface area contributed by atoms with E-state index in [2.05, 4.69) is 15.9 Å². The molecule has 92 valence electrons. The molecule has 1 atom stereocenters. The smallest absolute Gasteiger partial charge is 0.239 e. The lowest BCUT2D eigenvalue weighted by Crippen LogP contribution is -2.40. The normalized spacial score (nSPS) is 11.8. The summed E-state index contributed by atoms with van der Waals surface area (Å²) >= 11 is 5.02. The number of thiophene rings is 1. The van der Waals surface area contributed by atoms with Gasteiger partial charge in [0, 0.05) is 21.8 Å². The standard InChI is InChI=1S/C10H15BrN2OS.ClH/c1-3-9(12)10(14)13(2)5-8-4-7(11)6-15-8;/h4,6,9H,3,5,12H2,1-2H3;1H/t9-;/m0./s1. The van der Waals surface area contributed by atoms with Crippen molar-refractivity contribution in [1.29, 1.82) is 0 Å². The lowest BCUT2D eigenvalue weighted by molar-refractivity contribution is -0.131. The van der Waals surface area contributed by atoms with Crippen LogP contribution in [0.2, 0.25) is 0 Å². The van der Waals surface area contributed by atoms with Gasteiger partial charge in [0.1, 0.15) is 0 Å². The zero-order valence-corrected chi connectivity index (χ0v) is 12.5. The topological polar surface area (TPSA) is 46.3 Å². The van der Waals surface area contributed by atoms with Crippen LogP contribution in [0.15, 0.2) is 15.9 Å². The number of hydrogen-bond acceptors (Lipinski definition) is 3. The number of carbonyl (C=O) groups excluding carboxylic acids is 1. The molecule has 2 N–H and O–H groups in total. The summed E-state index contributed by atoms with van der Waals surface area (Å²) in [5, 5.41) is 2.01. The molecular weight excluding hydrogens is 312 g/mol. The van der Waals surface area contributed by atoms with Crippen molar-refractivity contribution >= 4 is 45.6 Å². The summed E-state index contributed by atoms with van der Waals surface area (Å²) in [5.41, 5.74) is 5.68. The van der Waals surface area contributed by atoms with E-state index in [1.165, 1.54) is 0 Å². The van der Waals surface area contributed by atoms with Crippen LogP contribution in [0.3, 0.4) is 0 Å². The maximum Gasteiger partial charge on any atom is 0.239 e. The molecule has 0 aliphatic heterocycles. The Morgan fingerprint density at radius 1 is 1.69 bits per heavy atom. The predicted octanol–water partition coefficient (Wildman–Crippen LogP) is 2.63. The van der Waals surface area contributed by atoms with Crippen LogP contribution < -0.4 is 5.73 Å². The average Bonchev–Trinajstić information content (AvgIpc) is 2.61. The third kappa shape index (κ3) is 4.41. The van der Waals surface area contributed by atoms with Gasteiger partial charge in [-0.25, -0.2) is 0 Å². The van der Waals surface area contributed by atoms with Crippen molar-refractivity contribution in [3.05, 3.63) is 20.8 Å². The quantitative estimate of drug-likeness (QED) is 0.924. The summed E-state index contributed by atoms with van der Waals surface area (Å²) in [6, 6.07) is 1.64. The van der Waals surface area contributed by atoms with Crippen LogP contribution in [0.5, 0.6) is 0 Å². The highest BCUT2D eigenvalue weighted by Crippen LogP contribution is 2.20. The molecule has 3 nitrogen and oxygen atoms in total. The van der Waals surface area contributed by atoms with E-state index in [-0.39, 0.29) is 24.4 Å². The summed E-state index contributed by atoms with van der Waals surface area (Å²) in [6.45, 7) is 2.54. The van der Waals surface area contributed by atoms with Crippen molar-refractivity contribution in [2.75, 3.05) is 7.05 Å². The van der Waals surface area contributed by atoms with Gasteiger partial charge in [0.15, 0.2) is 0 Å². The van der Waals surface area contributed by atoms with Gasteiger partial charge >= 0.3 is 0 Å². The molecule has 0 aliphatic rings. The molecule has 0 radical (unpaired) electrons. The fourth-order valence-corrected chi connectivity index (χ4v) is 2.71. The minimum atomic E-state index is -0.376. The van der Waals surface area contributed by atoms with Crippen molar-refractivity contribution in [2.24, 2.45) is 5.73 Å². The molecule has 1 aromatic heterocycles. The molecule has 0 bridgehead atoms. The Balaban J connectivity index is 0.00000225. The number of nitrogens with two attached hydrogens (primary N) is 1. The van der Waals surface area contributed by atoms with Crippen LogP contribution in [0.25, 0.3) is 0 Å². The van der Waals surface area contributed by atoms with E-state index in [0.29, 0.717) is 13.0 Å². The molecule has 0 spiro atoms. The highest BCUT2D eigenvalue weighted by atomic mass is 79.9. The maximum atomic E-state index is 11.7. The molecule has 1 rings (SSSR count). The number of halogens is 2. The number of likely N-dealkylation sites (N-methyl/N-ethyl adjacent to an activating group) is 1. The maximum absolute atomic E-state index is 11.7. The largest absolute Gasteiger partial charge is 0.339 e. The van der Waals surface area contributed by atoms with Crippen LogP contribution in [0.4, 0.5) is 0 Å². The summed E-state index contributed by atoms with van der Waals surface area (Å²) < 4.78 is 1.06. The number of nitrogens with zero attached hydrogens (tertiary/aromatic N) is 1. The Bertz CT molecular complexity index is 345. The number of amides is 1. The van der Waals surface area contributed by atoms with E-state index >= 15 is 0 Å². The lowest BCUT2D eigenvalue weighted by Gasteiger charge is -2.19. The molecule has 0 fully saturated rings. The van der Waals surface area contributed by atoms with Gasteiger partial charge in [0.2, 0.25) is 5.91 Å². The van der Waals surface area contributed by atoms with E-state index in [1.807, 2.05) is 18.4 Å². The first-order valence-corrected chi connectivity index (χ1v) is 6.45. The molecular formula is C10H16BrClN2OS. The van der Waals surface area contributed by atoms with E-state index in [0.717, 1.165) is 9.35 Å². The third-order valence-electron chi connectivity index (χ3n) is 2.15. The number of carbonyl (C=O) groups is 1. The molecule has 6 heteroatoms. The molecule has 0 unspecified atom stereocenters. The average molecular weight is 328 g/mol. The minimum Gasteiger partial charge on any atom is -0.339 e. The second kappa shape index (κ2) is 7.27. The van der Waals surface area contributed by atoms with Crippen LogP contribution in [-0.4, -0.2) is 23.9 Å². The van der Waals surface area contributed by atoms with Crippen LogP contribution in [0.1, 0.15) is 18.2 Å². The predicted molar refractivity (Wildman–Crippen MR) is 74.0 cm³/mol. The first-order chi connectivity index (χ1) is 7.04. The first kappa shape index (κ1) is 15.9. The fourth-order valence-electron chi connectivity index (χ4n) is 1.21. The Labute approximate surface area is 115 Å². The second-order valence-corrected chi connectivity index (χ2v) is 5.35. The van der Waals surface area contributed by atoms with Crippen LogP contribution in [0, 0.1) is 0 Å². The summed E-state index contributed by atoms with van der Waals surface area (Å²) in [5.74, 6) is 0.00187. The van der Waals surface area contributed by atoms with Crippen molar-refractivity contribution in [1.82, 2.24) is 4.90 Å². The second-order valence-electron chi connectivity index (χ2n) is 3.44. The van der Waals surface area contributed by atoms with E-state index in [9.17, 15) is 4.79 Å². The highest BCUT2D eigenvalue weighted by molar-refractivity contribution is 9.10. The molecule has 0 aliphatic carbocycles. The van der Waals surface area contributed by atoms with Crippen molar-refractivity contribution in [3.63, 3.8) is 0 Å². The van der Waals surface area contributed by atoms with Crippen molar-refractivity contribution in [2.45, 2.75) is 25.9 Å². The third-order valence-corrected chi connectivity index (χ3v) is 3.83. The minimum absolute atomic E-state index is 0. The number of hydrogen-bond donors (Lipinski definition) is 1. The van der Waals surface area contributed by atoms with Crippen molar-refractivity contribution in [3.8, 4) is 0 Å². The molecule has 1 aromatic rings. The Morgan fingerprint density at radius 3 is 2.75 bits per heavy atom. The van der Waals surface area contributed by atoms with E-state index in [1.54, 1.807) is 23.3 Å². The van der Waals surface area contributed by atoms with Crippen LogP contribution in [-0.2, 0) is 11.3 Å². The SMILES string of the molecule is CC[C@H](N)C(=O)N(C)Cc1cc(Br)cs1.Cl. The summed E-state index contributed by atoms with van der Waals surface area (Å²) in [7, 11) is 1.78. The molecule has 0 aromatic carbocycles. The number of rotatable bonds is 4. The van der Waals surface area contributed by atoms with Gasteiger partial charge in [-0.05, 0) is 28.4 Å². The Hall–Kier alpha value is -0.100. The first-order valence-electron chi connectivity index (χ1n) is 4.78. The van der Waals surface area contributed by atoms with Gasteiger partial charge in [-0.15, -0.1) is 23.7 Å². The molecule has 0 saturated carbocycles. The zero-order chi connectivity index (χ0) is 11.4. The summed E-state index contributed by atoms with van der Waals surface area (Å²) in [6.07, 6.45) is 0.678. The summed E-state index contributed by atoms with van der Waals surface area (Å²) in [4.78, 5) is 14.5. The highest BCUT2D eigenvalue weighted by Gasteiger charge is 2.16. The van der Waals surface area contributed by atoms with Gasteiger partial charge in [0.25, 0.3) is 0 Å². The molecule has 1 heterocycles.